The van der Waals surface area contributed by atoms with Gasteiger partial charge in [0.25, 0.3) is 5.91 Å². The van der Waals surface area contributed by atoms with E-state index in [1.807, 2.05) is 0 Å². The number of carbonyl (C=O) groups is 1. The van der Waals surface area contributed by atoms with Gasteiger partial charge in [0.2, 0.25) is 12.3 Å². The van der Waals surface area contributed by atoms with Gasteiger partial charge >= 0.3 is 0 Å². The average Bonchev–Trinajstić information content (AvgIpc) is 3.68. The van der Waals surface area contributed by atoms with E-state index in [2.05, 4.69) is 40.5 Å². The summed E-state index contributed by atoms with van der Waals surface area (Å²) in [7, 11) is 0. The van der Waals surface area contributed by atoms with E-state index in [0.29, 0.717) is 11.3 Å². The smallest absolute Gasteiger partial charge is 0.276 e. The number of aryl methyl sites for hydroxylation is 1. The zero-order chi connectivity index (χ0) is 29.6. The normalized spacial score (nSPS) is 17.2. The van der Waals surface area contributed by atoms with Crippen molar-refractivity contribution in [1.29, 1.82) is 0 Å². The number of nitrogens with zero attached hydrogens (tertiary/aromatic N) is 8. The number of imidazole rings is 1. The Kier molecular flexibility index (Phi) is 7.06. The highest BCUT2D eigenvalue weighted by atomic mass is 19.3. The standard InChI is InChI=1S/C26H24F5N9O2/c1-13-22(38-42-37-13)25(41)34-23(14-4-6-26(30,31)7-5-14)18-12-40-21(33-18)8-15(10-32-40)17(9-19(28)29)24-36-35-20-3-2-16(27)11-39(20)24/h2-3,8,10-12,14,17,19,23H,4-7,9H2,1H3,(H,34,41). The van der Waals surface area contributed by atoms with E-state index >= 15 is 0 Å². The minimum Gasteiger partial charge on any atom is -0.342 e. The Labute approximate surface area is 234 Å². The zero-order valence-electron chi connectivity index (χ0n) is 22.1. The minimum absolute atomic E-state index is 0.0443. The number of amides is 1. The number of alkyl halides is 4. The van der Waals surface area contributed by atoms with Gasteiger partial charge in [-0.25, -0.2) is 36.1 Å². The third kappa shape index (κ3) is 5.39. The van der Waals surface area contributed by atoms with E-state index in [4.69, 9.17) is 0 Å². The van der Waals surface area contributed by atoms with Crippen LogP contribution in [0.1, 0.15) is 77.3 Å². The number of hydrogen-bond donors (Lipinski definition) is 1. The Bertz CT molecular complexity index is 1740. The molecule has 0 aromatic carbocycles. The molecule has 0 spiro atoms. The van der Waals surface area contributed by atoms with Gasteiger partial charge in [0, 0.05) is 25.5 Å². The first-order chi connectivity index (χ1) is 20.1. The Morgan fingerprint density at radius 3 is 2.64 bits per heavy atom. The second-order valence-electron chi connectivity index (χ2n) is 10.4. The van der Waals surface area contributed by atoms with Gasteiger partial charge < -0.3 is 5.32 Å². The van der Waals surface area contributed by atoms with Crippen molar-refractivity contribution in [2.24, 2.45) is 5.92 Å². The van der Waals surface area contributed by atoms with Crippen molar-refractivity contribution in [3.05, 3.63) is 71.1 Å². The van der Waals surface area contributed by atoms with Crippen LogP contribution < -0.4 is 5.32 Å². The molecule has 6 rings (SSSR count). The summed E-state index contributed by atoms with van der Waals surface area (Å²) in [6.45, 7) is 1.54. The monoisotopic (exact) mass is 589 g/mol. The van der Waals surface area contributed by atoms with Gasteiger partial charge in [0.15, 0.2) is 17.0 Å². The molecular formula is C26H24F5N9O2. The molecule has 0 bridgehead atoms. The van der Waals surface area contributed by atoms with Crippen LogP contribution in [0.25, 0.3) is 11.3 Å². The van der Waals surface area contributed by atoms with Gasteiger partial charge in [-0.15, -0.1) is 10.2 Å². The molecule has 2 atom stereocenters. The van der Waals surface area contributed by atoms with Gasteiger partial charge in [-0.1, -0.05) is 5.16 Å². The maximum absolute atomic E-state index is 14.0. The maximum atomic E-state index is 14.0. The van der Waals surface area contributed by atoms with Crippen molar-refractivity contribution < 1.29 is 31.4 Å². The van der Waals surface area contributed by atoms with E-state index in [9.17, 15) is 26.7 Å². The van der Waals surface area contributed by atoms with Crippen molar-refractivity contribution >= 4 is 17.2 Å². The van der Waals surface area contributed by atoms with Crippen LogP contribution in [-0.4, -0.2) is 57.8 Å². The highest BCUT2D eigenvalue weighted by Crippen LogP contribution is 2.41. The number of carbonyl (C=O) groups excluding carboxylic acids is 1. The fraction of sp³-hybridized carbons (Fsp3) is 0.423. The lowest BCUT2D eigenvalue weighted by Gasteiger charge is -2.33. The lowest BCUT2D eigenvalue weighted by atomic mass is 9.81. The Balaban J connectivity index is 1.37. The number of aromatic nitrogens is 8. The van der Waals surface area contributed by atoms with Crippen LogP contribution in [0.3, 0.4) is 0 Å². The van der Waals surface area contributed by atoms with Gasteiger partial charge in [-0.2, -0.15) is 5.10 Å². The minimum atomic E-state index is -2.79. The molecule has 0 saturated heterocycles. The van der Waals surface area contributed by atoms with Crippen LogP contribution in [0, 0.1) is 18.7 Å². The highest BCUT2D eigenvalue weighted by molar-refractivity contribution is 5.93. The van der Waals surface area contributed by atoms with Crippen molar-refractivity contribution in [3.8, 4) is 0 Å². The first-order valence-corrected chi connectivity index (χ1v) is 13.2. The van der Waals surface area contributed by atoms with E-state index in [1.54, 1.807) is 19.2 Å². The van der Waals surface area contributed by atoms with E-state index in [-0.39, 0.29) is 60.1 Å². The molecule has 1 amide bonds. The van der Waals surface area contributed by atoms with Crippen molar-refractivity contribution in [2.75, 3.05) is 0 Å². The molecule has 5 heterocycles. The number of pyridine rings is 1. The molecule has 1 N–H and O–H groups in total. The van der Waals surface area contributed by atoms with Crippen molar-refractivity contribution in [1.82, 2.24) is 44.8 Å². The number of fused-ring (bicyclic) bond motifs is 2. The fourth-order valence-corrected chi connectivity index (χ4v) is 5.42. The lowest BCUT2D eigenvalue weighted by Crippen LogP contribution is -2.37. The summed E-state index contributed by atoms with van der Waals surface area (Å²) in [5, 5.41) is 22.4. The molecule has 0 radical (unpaired) electrons. The summed E-state index contributed by atoms with van der Waals surface area (Å²) < 4.78 is 76.7. The second kappa shape index (κ2) is 10.7. The third-order valence-corrected chi connectivity index (χ3v) is 7.59. The third-order valence-electron chi connectivity index (χ3n) is 7.59. The molecular weight excluding hydrogens is 565 g/mol. The van der Waals surface area contributed by atoms with E-state index < -0.39 is 42.5 Å². The summed E-state index contributed by atoms with van der Waals surface area (Å²) in [6.07, 6.45) is 0.277. The predicted molar refractivity (Wildman–Crippen MR) is 135 cm³/mol. The predicted octanol–water partition coefficient (Wildman–Crippen LogP) is 4.69. The summed E-state index contributed by atoms with van der Waals surface area (Å²) in [6, 6.07) is 3.34. The van der Waals surface area contributed by atoms with Gasteiger partial charge in [0.05, 0.1) is 30.0 Å². The Morgan fingerprint density at radius 2 is 1.93 bits per heavy atom. The molecule has 1 aliphatic rings. The average molecular weight is 590 g/mol. The van der Waals surface area contributed by atoms with Crippen molar-refractivity contribution in [2.45, 2.75) is 63.3 Å². The molecule has 11 nitrogen and oxygen atoms in total. The molecule has 1 fully saturated rings. The summed E-state index contributed by atoms with van der Waals surface area (Å²) in [5.74, 6) is -5.25. The molecule has 16 heteroatoms. The molecule has 220 valence electrons. The summed E-state index contributed by atoms with van der Waals surface area (Å²) in [4.78, 5) is 17.6. The second-order valence-corrected chi connectivity index (χ2v) is 10.4. The van der Waals surface area contributed by atoms with Gasteiger partial charge in [-0.3, -0.25) is 9.20 Å². The topological polar surface area (TPSA) is 128 Å². The molecule has 1 saturated carbocycles. The molecule has 42 heavy (non-hydrogen) atoms. The maximum Gasteiger partial charge on any atom is 0.276 e. The van der Waals surface area contributed by atoms with Crippen LogP contribution in [0.2, 0.25) is 0 Å². The fourth-order valence-electron chi connectivity index (χ4n) is 5.42. The zero-order valence-corrected chi connectivity index (χ0v) is 22.1. The first-order valence-electron chi connectivity index (χ1n) is 13.2. The first kappa shape index (κ1) is 27.7. The van der Waals surface area contributed by atoms with Crippen LogP contribution in [0.4, 0.5) is 22.0 Å². The van der Waals surface area contributed by atoms with Crippen molar-refractivity contribution in [3.63, 3.8) is 0 Å². The number of halogens is 5. The SMILES string of the molecule is Cc1nonc1C(=O)NC(c1cn2ncc(C(CC(F)F)c3nnc4ccc(F)cn34)cc2n1)C1CCC(F)(F)CC1. The quantitative estimate of drug-likeness (QED) is 0.258. The molecule has 2 unspecified atom stereocenters. The number of rotatable bonds is 8. The lowest BCUT2D eigenvalue weighted by molar-refractivity contribution is -0.0495. The van der Waals surface area contributed by atoms with Gasteiger partial charge in [-0.05, 0) is 54.6 Å². The largest absolute Gasteiger partial charge is 0.342 e. The van der Waals surface area contributed by atoms with Crippen LogP contribution in [0.5, 0.6) is 0 Å². The summed E-state index contributed by atoms with van der Waals surface area (Å²) in [5.41, 5.74) is 1.45. The Hall–Kier alpha value is -4.50. The molecule has 1 aliphatic carbocycles. The van der Waals surface area contributed by atoms with E-state index in [0.717, 1.165) is 6.20 Å². The van der Waals surface area contributed by atoms with E-state index in [1.165, 1.54) is 27.2 Å². The van der Waals surface area contributed by atoms with Gasteiger partial charge in [0.1, 0.15) is 17.3 Å². The molecule has 5 aromatic rings. The summed E-state index contributed by atoms with van der Waals surface area (Å²) >= 11 is 0. The van der Waals surface area contributed by atoms with Crippen LogP contribution in [0.15, 0.2) is 41.4 Å². The molecule has 5 aromatic heterocycles. The number of nitrogens with one attached hydrogen (secondary N) is 1. The van der Waals surface area contributed by atoms with Crippen LogP contribution in [-0.2, 0) is 0 Å². The highest BCUT2D eigenvalue weighted by Gasteiger charge is 2.40. The number of hydrogen-bond acceptors (Lipinski definition) is 8. The molecule has 0 aliphatic heterocycles. The Morgan fingerprint density at radius 1 is 1.14 bits per heavy atom. The van der Waals surface area contributed by atoms with Crippen LogP contribution >= 0.6 is 0 Å².